The van der Waals surface area contributed by atoms with Gasteiger partial charge in [-0.15, -0.1) is 5.10 Å². The fraction of sp³-hybridized carbons (Fsp3) is 0.481. The number of nitrogens with two attached hydrogens (primary N) is 1. The van der Waals surface area contributed by atoms with E-state index in [2.05, 4.69) is 25.3 Å². The molecule has 4 aromatic rings. The van der Waals surface area contributed by atoms with Gasteiger partial charge in [0.2, 0.25) is 5.82 Å². The summed E-state index contributed by atoms with van der Waals surface area (Å²) < 4.78 is 27.5. The minimum absolute atomic E-state index is 0.00848. The van der Waals surface area contributed by atoms with Gasteiger partial charge in [0.15, 0.2) is 15.5 Å². The van der Waals surface area contributed by atoms with Gasteiger partial charge in [-0.1, -0.05) is 6.07 Å². The fourth-order valence-corrected chi connectivity index (χ4v) is 7.82. The second-order valence-corrected chi connectivity index (χ2v) is 13.6. The Labute approximate surface area is 236 Å². The maximum Gasteiger partial charge on any atom is 0.294 e. The summed E-state index contributed by atoms with van der Waals surface area (Å²) in [5.41, 5.74) is 8.49. The van der Waals surface area contributed by atoms with E-state index in [-0.39, 0.29) is 40.4 Å². The van der Waals surface area contributed by atoms with Crippen LogP contribution in [-0.4, -0.2) is 77.4 Å². The normalized spacial score (nSPS) is 23.6. The van der Waals surface area contributed by atoms with Crippen molar-refractivity contribution >= 4 is 27.2 Å². The van der Waals surface area contributed by atoms with Gasteiger partial charge in [-0.25, -0.2) is 18.4 Å². The summed E-state index contributed by atoms with van der Waals surface area (Å²) in [7, 11) is -3.76. The van der Waals surface area contributed by atoms with Crippen LogP contribution in [0.15, 0.2) is 29.4 Å². The first-order chi connectivity index (χ1) is 19.5. The van der Waals surface area contributed by atoms with Gasteiger partial charge in [-0.3, -0.25) is 14.9 Å². The molecule has 2 saturated heterocycles. The van der Waals surface area contributed by atoms with Crippen molar-refractivity contribution in [3.05, 3.63) is 47.6 Å². The largest absolute Gasteiger partial charge is 0.384 e. The van der Waals surface area contributed by atoms with Gasteiger partial charge in [0.25, 0.3) is 5.91 Å². The highest BCUT2D eigenvalue weighted by Crippen LogP contribution is 2.46. The third-order valence-corrected chi connectivity index (χ3v) is 10.1. The maximum absolute atomic E-state index is 13.3. The Bertz CT molecular complexity index is 1780. The molecule has 0 spiro atoms. The number of anilines is 1. The lowest BCUT2D eigenvalue weighted by Gasteiger charge is -2.38. The van der Waals surface area contributed by atoms with Crippen LogP contribution in [-0.2, 0) is 15.4 Å². The first-order valence-corrected chi connectivity index (χ1v) is 15.7. The number of nitrogens with one attached hydrogen (secondary N) is 1. The fourth-order valence-electron chi connectivity index (χ4n) is 6.76. The molecular weight excluding hydrogens is 546 g/mol. The van der Waals surface area contributed by atoms with Gasteiger partial charge in [-0.2, -0.15) is 9.61 Å². The zero-order valence-corrected chi connectivity index (χ0v) is 23.6. The van der Waals surface area contributed by atoms with Crippen molar-refractivity contribution in [3.8, 4) is 11.1 Å². The summed E-state index contributed by atoms with van der Waals surface area (Å²) in [6.45, 7) is 1.75. The van der Waals surface area contributed by atoms with Crippen LogP contribution in [0.5, 0.6) is 0 Å². The molecule has 7 rings (SSSR count). The summed E-state index contributed by atoms with van der Waals surface area (Å²) in [6.07, 6.45) is 9.49. The number of sulfone groups is 1. The molecule has 214 valence electrons. The van der Waals surface area contributed by atoms with Gasteiger partial charge in [0, 0.05) is 41.6 Å². The van der Waals surface area contributed by atoms with E-state index < -0.39 is 15.4 Å². The minimum Gasteiger partial charge on any atom is -0.384 e. The third-order valence-electron chi connectivity index (χ3n) is 8.91. The Balaban J connectivity index is 1.27. The number of amides is 1. The second kappa shape index (κ2) is 9.05. The number of pyridine rings is 1. The van der Waals surface area contributed by atoms with Crippen molar-refractivity contribution in [2.45, 2.75) is 80.4 Å². The number of nitrogen functional groups attached to an aromatic ring is 1. The van der Waals surface area contributed by atoms with Crippen LogP contribution in [0.3, 0.4) is 0 Å². The average Bonchev–Trinajstić information content (AvgIpc) is 3.61. The van der Waals surface area contributed by atoms with Crippen LogP contribution in [0.1, 0.15) is 78.7 Å². The molecule has 3 aliphatic rings. The third kappa shape index (κ3) is 4.10. The van der Waals surface area contributed by atoms with E-state index in [1.807, 2.05) is 17.0 Å². The number of carbonyl (C=O) groups excluding carboxylic acids is 1. The van der Waals surface area contributed by atoms with Crippen LogP contribution >= 0.6 is 0 Å². The molecule has 4 aromatic heterocycles. The van der Waals surface area contributed by atoms with E-state index in [4.69, 9.17) is 10.7 Å². The van der Waals surface area contributed by atoms with Crippen molar-refractivity contribution in [2.75, 3.05) is 12.0 Å². The quantitative estimate of drug-likeness (QED) is 0.317. The molecule has 13 nitrogen and oxygen atoms in total. The number of piperidine rings is 1. The highest BCUT2D eigenvalue weighted by atomic mass is 32.2. The second-order valence-electron chi connectivity index (χ2n) is 11.6. The predicted molar refractivity (Wildman–Crippen MR) is 148 cm³/mol. The number of rotatable bonds is 5. The SMILES string of the molecule is Cc1nc(C(=O)N2C3CCC2CC(c2nc4c(-c5ccc(C6(O)CCC6)nc5)cnn4c(N)c2S(C)(=O)=O)C3)n[nH]1. The van der Waals surface area contributed by atoms with E-state index in [1.165, 1.54) is 4.52 Å². The molecule has 2 unspecified atom stereocenters. The van der Waals surface area contributed by atoms with Crippen LogP contribution in [0, 0.1) is 6.92 Å². The van der Waals surface area contributed by atoms with Crippen molar-refractivity contribution in [1.29, 1.82) is 0 Å². The summed E-state index contributed by atoms with van der Waals surface area (Å²) >= 11 is 0. The number of aliphatic hydroxyl groups is 1. The molecule has 41 heavy (non-hydrogen) atoms. The van der Waals surface area contributed by atoms with Crippen molar-refractivity contribution in [2.24, 2.45) is 0 Å². The molecule has 2 bridgehead atoms. The van der Waals surface area contributed by atoms with E-state index in [0.29, 0.717) is 54.1 Å². The molecule has 6 heterocycles. The molecular formula is C27H31N9O4S. The first-order valence-electron chi connectivity index (χ1n) is 13.8. The smallest absolute Gasteiger partial charge is 0.294 e. The highest BCUT2D eigenvalue weighted by molar-refractivity contribution is 7.91. The Kier molecular flexibility index (Phi) is 5.74. The van der Waals surface area contributed by atoms with Crippen LogP contribution < -0.4 is 5.73 Å². The van der Waals surface area contributed by atoms with Crippen LogP contribution in [0.25, 0.3) is 16.8 Å². The maximum atomic E-state index is 13.3. The molecule has 0 radical (unpaired) electrons. The molecule has 2 atom stereocenters. The monoisotopic (exact) mass is 577 g/mol. The number of aromatic nitrogens is 7. The van der Waals surface area contributed by atoms with Gasteiger partial charge < -0.3 is 15.7 Å². The lowest BCUT2D eigenvalue weighted by atomic mass is 9.77. The van der Waals surface area contributed by atoms with Gasteiger partial charge in [-0.05, 0) is 57.9 Å². The van der Waals surface area contributed by atoms with Gasteiger partial charge >= 0.3 is 0 Å². The number of H-pyrrole nitrogens is 1. The number of hydrogen-bond acceptors (Lipinski definition) is 10. The molecule has 0 aromatic carbocycles. The Morgan fingerprint density at radius 2 is 1.88 bits per heavy atom. The molecule has 1 amide bonds. The number of carbonyl (C=O) groups is 1. The molecule has 4 N–H and O–H groups in total. The standard InChI is InChI=1S/C27H31N9O4S/c1-14-31-24(34-33-14)26(37)35-17-5-6-18(35)11-16(10-17)21-22(41(2,39)40)23(28)36-25(32-21)19(13-30-36)15-4-7-20(29-12-15)27(38)8-3-9-27/h4,7,12-13,16-18,38H,3,5-6,8-11,28H2,1-2H3,(H,31,33,34). The highest BCUT2D eigenvalue weighted by Gasteiger charge is 2.46. The predicted octanol–water partition coefficient (Wildman–Crippen LogP) is 2.13. The molecule has 3 fully saturated rings. The number of hydrogen-bond donors (Lipinski definition) is 3. The number of aryl methyl sites for hydroxylation is 1. The lowest BCUT2D eigenvalue weighted by molar-refractivity contribution is -0.0426. The van der Waals surface area contributed by atoms with E-state index in [0.717, 1.165) is 31.1 Å². The number of fused-ring (bicyclic) bond motifs is 3. The topological polar surface area (TPSA) is 185 Å². The minimum atomic E-state index is -3.76. The first kappa shape index (κ1) is 26.0. The van der Waals surface area contributed by atoms with E-state index >= 15 is 0 Å². The molecule has 14 heteroatoms. The molecule has 1 saturated carbocycles. The molecule has 2 aliphatic heterocycles. The summed E-state index contributed by atoms with van der Waals surface area (Å²) in [4.78, 5) is 28.8. The van der Waals surface area contributed by atoms with Crippen LogP contribution in [0.2, 0.25) is 0 Å². The van der Waals surface area contributed by atoms with Gasteiger partial charge in [0.1, 0.15) is 22.1 Å². The summed E-state index contributed by atoms with van der Waals surface area (Å²) in [5, 5.41) is 21.8. The Hall–Kier alpha value is -3.91. The number of aromatic amines is 1. The lowest BCUT2D eigenvalue weighted by Crippen LogP contribution is -2.46. The van der Waals surface area contributed by atoms with E-state index in [1.54, 1.807) is 19.3 Å². The van der Waals surface area contributed by atoms with Crippen LogP contribution in [0.4, 0.5) is 5.82 Å². The Morgan fingerprint density at radius 3 is 2.44 bits per heavy atom. The average molecular weight is 578 g/mol. The zero-order valence-electron chi connectivity index (χ0n) is 22.8. The van der Waals surface area contributed by atoms with E-state index in [9.17, 15) is 18.3 Å². The van der Waals surface area contributed by atoms with Gasteiger partial charge in [0.05, 0.1) is 17.6 Å². The van der Waals surface area contributed by atoms with Crippen molar-refractivity contribution < 1.29 is 18.3 Å². The summed E-state index contributed by atoms with van der Waals surface area (Å²) in [5.74, 6) is 0.285. The molecule has 1 aliphatic carbocycles. The van der Waals surface area contributed by atoms with Crippen molar-refractivity contribution in [1.82, 2.24) is 39.7 Å². The Morgan fingerprint density at radius 1 is 1.15 bits per heavy atom. The zero-order chi connectivity index (χ0) is 28.7. The number of nitrogens with zero attached hydrogens (tertiary/aromatic N) is 7. The summed E-state index contributed by atoms with van der Waals surface area (Å²) in [6, 6.07) is 3.50. The van der Waals surface area contributed by atoms with Crippen molar-refractivity contribution in [3.63, 3.8) is 0 Å².